The second kappa shape index (κ2) is 7.00. The number of hydrogen-bond acceptors (Lipinski definition) is 4. The number of aliphatic hydroxyl groups excluding tert-OH is 1. The first-order valence-corrected chi connectivity index (χ1v) is 8.63. The van der Waals surface area contributed by atoms with Crippen LogP contribution in [0, 0.1) is 0 Å². The first-order chi connectivity index (χ1) is 10.7. The molecule has 8 heteroatoms. The number of ketones is 1. The summed E-state index contributed by atoms with van der Waals surface area (Å²) in [4.78, 5) is 29.5. The van der Waals surface area contributed by atoms with E-state index in [0.717, 1.165) is 11.6 Å². The number of hydrogen-bond donors (Lipinski definition) is 5. The molecule has 0 fully saturated rings. The van der Waals surface area contributed by atoms with E-state index >= 15 is 0 Å². The predicted octanol–water partition coefficient (Wildman–Crippen LogP) is 2.07. The van der Waals surface area contributed by atoms with E-state index in [4.69, 9.17) is 9.79 Å². The number of aromatic hydroxyl groups is 1. The smallest absolute Gasteiger partial charge is 0.427 e. The summed E-state index contributed by atoms with van der Waals surface area (Å²) in [5, 5.41) is 21.3. The van der Waals surface area contributed by atoms with Crippen LogP contribution < -0.4 is 5.09 Å². The number of phenols is 1. The molecule has 5 N–H and O–H groups in total. The van der Waals surface area contributed by atoms with Gasteiger partial charge in [0.1, 0.15) is 11.5 Å². The lowest BCUT2D eigenvalue weighted by molar-refractivity contribution is -0.114. The molecule has 0 aromatic heterocycles. The van der Waals surface area contributed by atoms with Crippen molar-refractivity contribution in [3.63, 3.8) is 0 Å². The van der Waals surface area contributed by atoms with Gasteiger partial charge in [0.15, 0.2) is 5.78 Å². The summed E-state index contributed by atoms with van der Waals surface area (Å²) >= 11 is 0. The molecule has 0 spiro atoms. The second-order valence-corrected chi connectivity index (χ2v) is 6.62. The minimum absolute atomic E-state index is 0.0549. The van der Waals surface area contributed by atoms with Gasteiger partial charge < -0.3 is 20.0 Å². The summed E-state index contributed by atoms with van der Waals surface area (Å²) in [5.74, 6) is -0.528. The van der Waals surface area contributed by atoms with Gasteiger partial charge in [-0.3, -0.25) is 9.88 Å². The molecule has 1 aromatic rings. The Bertz CT molecular complexity index is 718. The third kappa shape index (κ3) is 5.25. The molecular weight excluding hydrogens is 321 g/mol. The molecule has 0 unspecified atom stereocenters. The average Bonchev–Trinajstić information content (AvgIpc) is 2.40. The fourth-order valence-electron chi connectivity index (χ4n) is 2.47. The number of rotatable bonds is 6. The van der Waals surface area contributed by atoms with Gasteiger partial charge in [-0.2, -0.15) is 0 Å². The van der Waals surface area contributed by atoms with Crippen molar-refractivity contribution in [2.45, 2.75) is 25.7 Å². The minimum atomic E-state index is -4.55. The lowest BCUT2D eigenvalue weighted by Crippen LogP contribution is -2.19. The molecular formula is C15H18NO6P. The summed E-state index contributed by atoms with van der Waals surface area (Å²) in [6.45, 7) is 0. The SMILES string of the molecule is O=C1C=C(O)C(CCCc2cccc(O)c2)=C(NP(=O)(O)O)C1. The molecule has 1 aliphatic rings. The Morgan fingerprint density at radius 2 is 1.91 bits per heavy atom. The van der Waals surface area contributed by atoms with Gasteiger partial charge in [0, 0.05) is 17.3 Å². The highest BCUT2D eigenvalue weighted by Gasteiger charge is 2.24. The zero-order chi connectivity index (χ0) is 17.0. The summed E-state index contributed by atoms with van der Waals surface area (Å²) in [6.07, 6.45) is 2.41. The van der Waals surface area contributed by atoms with Gasteiger partial charge in [0.2, 0.25) is 0 Å². The number of allylic oxidation sites excluding steroid dienone is 3. The normalized spacial score (nSPS) is 15.6. The van der Waals surface area contributed by atoms with E-state index in [1.165, 1.54) is 0 Å². The van der Waals surface area contributed by atoms with Crippen molar-refractivity contribution >= 4 is 13.5 Å². The van der Waals surface area contributed by atoms with Crippen LogP contribution >= 0.6 is 7.75 Å². The summed E-state index contributed by atoms with van der Waals surface area (Å²) in [5.41, 5.74) is 1.29. The van der Waals surface area contributed by atoms with Crippen LogP contribution in [-0.4, -0.2) is 25.8 Å². The second-order valence-electron chi connectivity index (χ2n) is 5.31. The van der Waals surface area contributed by atoms with E-state index in [9.17, 15) is 19.6 Å². The Hall–Kier alpha value is -2.08. The predicted molar refractivity (Wildman–Crippen MR) is 83.6 cm³/mol. The van der Waals surface area contributed by atoms with Crippen LogP contribution in [0.4, 0.5) is 0 Å². The quantitative estimate of drug-likeness (QED) is 0.502. The Balaban J connectivity index is 2.10. The number of phenolic OH excluding ortho intramolecular Hbond substituents is 1. The molecule has 2 rings (SSSR count). The summed E-state index contributed by atoms with van der Waals surface area (Å²) < 4.78 is 11.1. The monoisotopic (exact) mass is 339 g/mol. The molecule has 7 nitrogen and oxygen atoms in total. The highest BCUT2D eigenvalue weighted by atomic mass is 31.2. The van der Waals surface area contributed by atoms with Gasteiger partial charge in [-0.15, -0.1) is 0 Å². The Morgan fingerprint density at radius 3 is 2.57 bits per heavy atom. The Labute approximate surface area is 133 Å². The maximum absolute atomic E-state index is 11.5. The molecule has 1 aromatic carbocycles. The third-order valence-electron chi connectivity index (χ3n) is 3.41. The number of benzene rings is 1. The first kappa shape index (κ1) is 17.3. The van der Waals surface area contributed by atoms with Gasteiger partial charge in [0.25, 0.3) is 0 Å². The van der Waals surface area contributed by atoms with Crippen LogP contribution in [-0.2, 0) is 15.8 Å². The van der Waals surface area contributed by atoms with Crippen molar-refractivity contribution < 1.29 is 29.4 Å². The van der Waals surface area contributed by atoms with Crippen LogP contribution in [0.3, 0.4) is 0 Å². The molecule has 0 radical (unpaired) electrons. The number of carbonyl (C=O) groups excluding carboxylic acids is 1. The summed E-state index contributed by atoms with van der Waals surface area (Å²) in [7, 11) is -4.55. The Kier molecular flexibility index (Phi) is 5.26. The number of nitrogens with one attached hydrogen (secondary N) is 1. The highest BCUT2D eigenvalue weighted by molar-refractivity contribution is 7.49. The maximum atomic E-state index is 11.5. The maximum Gasteiger partial charge on any atom is 0.427 e. The van der Waals surface area contributed by atoms with Gasteiger partial charge >= 0.3 is 7.75 Å². The van der Waals surface area contributed by atoms with Crippen molar-refractivity contribution in [2.24, 2.45) is 0 Å². The Morgan fingerprint density at radius 1 is 1.17 bits per heavy atom. The highest BCUT2D eigenvalue weighted by Crippen LogP contribution is 2.35. The van der Waals surface area contributed by atoms with Crippen molar-refractivity contribution in [2.75, 3.05) is 0 Å². The summed E-state index contributed by atoms with van der Waals surface area (Å²) in [6, 6.07) is 6.77. The number of aryl methyl sites for hydroxylation is 1. The van der Waals surface area contributed by atoms with E-state index in [2.05, 4.69) is 0 Å². The van der Waals surface area contributed by atoms with Gasteiger partial charge in [-0.1, -0.05) is 12.1 Å². The van der Waals surface area contributed by atoms with Crippen LogP contribution in [0.25, 0.3) is 0 Å². The fraction of sp³-hybridized carbons (Fsp3) is 0.267. The molecule has 1 aliphatic carbocycles. The lowest BCUT2D eigenvalue weighted by atomic mass is 9.95. The van der Waals surface area contributed by atoms with E-state index in [1.807, 2.05) is 11.2 Å². The van der Waals surface area contributed by atoms with Gasteiger partial charge in [0.05, 0.1) is 6.42 Å². The molecule has 124 valence electrons. The van der Waals surface area contributed by atoms with E-state index < -0.39 is 13.5 Å². The number of aliphatic hydroxyl groups is 1. The molecule has 23 heavy (non-hydrogen) atoms. The lowest BCUT2D eigenvalue weighted by Gasteiger charge is -2.20. The molecule has 0 heterocycles. The van der Waals surface area contributed by atoms with Crippen LogP contribution in [0.1, 0.15) is 24.8 Å². The van der Waals surface area contributed by atoms with Crippen LogP contribution in [0.5, 0.6) is 5.75 Å². The van der Waals surface area contributed by atoms with E-state index in [-0.39, 0.29) is 23.6 Å². The number of carbonyl (C=O) groups is 1. The van der Waals surface area contributed by atoms with Crippen molar-refractivity contribution in [1.82, 2.24) is 5.09 Å². The fourth-order valence-corrected chi connectivity index (χ4v) is 3.03. The topological polar surface area (TPSA) is 127 Å². The standard InChI is InChI=1S/C15H18NO6P/c17-11-5-1-3-10(7-11)4-2-6-13-14(16-23(20,21)22)8-12(18)9-15(13)19/h1,3,5,7,9,17,19H,2,4,6,8H2,(H3,16,20,21,22). The zero-order valence-corrected chi connectivity index (χ0v) is 13.2. The zero-order valence-electron chi connectivity index (χ0n) is 12.3. The van der Waals surface area contributed by atoms with E-state index in [1.54, 1.807) is 18.2 Å². The third-order valence-corrected chi connectivity index (χ3v) is 3.97. The van der Waals surface area contributed by atoms with Crippen molar-refractivity contribution in [1.29, 1.82) is 0 Å². The van der Waals surface area contributed by atoms with Crippen LogP contribution in [0.15, 0.2) is 47.4 Å². The molecule has 0 saturated carbocycles. The van der Waals surface area contributed by atoms with E-state index in [0.29, 0.717) is 24.8 Å². The molecule has 0 amide bonds. The van der Waals surface area contributed by atoms with Gasteiger partial charge in [-0.25, -0.2) is 4.57 Å². The van der Waals surface area contributed by atoms with Gasteiger partial charge in [-0.05, 0) is 37.0 Å². The molecule has 0 saturated heterocycles. The first-order valence-electron chi connectivity index (χ1n) is 7.02. The van der Waals surface area contributed by atoms with Crippen molar-refractivity contribution in [3.8, 4) is 5.75 Å². The molecule has 0 aliphatic heterocycles. The molecule has 0 bridgehead atoms. The van der Waals surface area contributed by atoms with Crippen LogP contribution in [0.2, 0.25) is 0 Å². The minimum Gasteiger partial charge on any atom is -0.508 e. The average molecular weight is 339 g/mol. The largest absolute Gasteiger partial charge is 0.508 e. The van der Waals surface area contributed by atoms with Crippen molar-refractivity contribution in [3.05, 3.63) is 52.9 Å². The molecule has 0 atom stereocenters.